The van der Waals surface area contributed by atoms with E-state index >= 15 is 0 Å². The van der Waals surface area contributed by atoms with Crippen molar-refractivity contribution in [2.24, 2.45) is 0 Å². The number of allylic oxidation sites excluding steroid dienone is 3. The van der Waals surface area contributed by atoms with Crippen LogP contribution in [0, 0.1) is 5.82 Å². The predicted octanol–water partition coefficient (Wildman–Crippen LogP) is 6.53. The molecule has 12 heteroatoms. The Bertz CT molecular complexity index is 1950. The molecule has 0 saturated carbocycles. The molecule has 9 nitrogen and oxygen atoms in total. The minimum absolute atomic E-state index is 0.133. The van der Waals surface area contributed by atoms with Gasteiger partial charge in [-0.3, -0.25) is 15.0 Å². The van der Waals surface area contributed by atoms with Crippen LogP contribution in [-0.2, 0) is 0 Å². The number of rotatable bonds is 11. The Balaban J connectivity index is 1.32. The molecule has 1 aliphatic rings. The van der Waals surface area contributed by atoms with Gasteiger partial charge >= 0.3 is 0 Å². The topological polar surface area (TPSA) is 102 Å². The SMILES string of the molecule is C=C/C(=C\C(=C/C)c1ccc2[nH]nc(-c3nc4c(-c5cc(F)cc(NCCN(C)C)c5)cncc4[nH]3)c2n1)CN1CCC(F)(F)C1. The highest BCUT2D eigenvalue weighted by Crippen LogP contribution is 2.33. The molecule has 0 spiro atoms. The second kappa shape index (κ2) is 12.9. The summed E-state index contributed by atoms with van der Waals surface area (Å²) in [4.78, 5) is 21.3. The van der Waals surface area contributed by atoms with Crippen molar-refractivity contribution in [3.8, 4) is 22.6 Å². The van der Waals surface area contributed by atoms with Crippen LogP contribution in [0.25, 0.3) is 50.3 Å². The van der Waals surface area contributed by atoms with Gasteiger partial charge in [0.15, 0.2) is 11.5 Å². The molecule has 1 fully saturated rings. The van der Waals surface area contributed by atoms with E-state index in [9.17, 15) is 13.2 Å². The van der Waals surface area contributed by atoms with Gasteiger partial charge in [0.2, 0.25) is 0 Å². The minimum atomic E-state index is -2.66. The number of likely N-dealkylation sites (tertiary alicyclic amines) is 1. The number of aromatic nitrogens is 6. The number of nitrogens with zero attached hydrogens (tertiary/aromatic N) is 6. The third-order valence-corrected chi connectivity index (χ3v) is 7.99. The molecular weight excluding hydrogens is 591 g/mol. The molecule has 3 N–H and O–H groups in total. The Kier molecular flexibility index (Phi) is 8.74. The summed E-state index contributed by atoms with van der Waals surface area (Å²) in [5, 5.41) is 10.8. The van der Waals surface area contributed by atoms with Crippen molar-refractivity contribution in [3.63, 3.8) is 0 Å². The van der Waals surface area contributed by atoms with E-state index in [1.165, 1.54) is 12.1 Å². The van der Waals surface area contributed by atoms with Crippen molar-refractivity contribution in [1.82, 2.24) is 39.9 Å². The van der Waals surface area contributed by atoms with E-state index in [0.717, 1.165) is 23.2 Å². The quantitative estimate of drug-likeness (QED) is 0.143. The molecule has 1 aromatic carbocycles. The average molecular weight is 628 g/mol. The lowest BCUT2D eigenvalue weighted by Crippen LogP contribution is -2.26. The monoisotopic (exact) mass is 627 g/mol. The van der Waals surface area contributed by atoms with Crippen LogP contribution in [0.2, 0.25) is 0 Å². The first-order valence-electron chi connectivity index (χ1n) is 15.1. The van der Waals surface area contributed by atoms with Crippen LogP contribution in [0.4, 0.5) is 18.9 Å². The third kappa shape index (κ3) is 6.73. The summed E-state index contributed by atoms with van der Waals surface area (Å²) >= 11 is 0. The normalized spacial score (nSPS) is 15.8. The number of anilines is 1. The number of likely N-dealkylation sites (N-methyl/N-ethyl adjacent to an activating group) is 1. The zero-order valence-electron chi connectivity index (χ0n) is 26.0. The highest BCUT2D eigenvalue weighted by atomic mass is 19.3. The molecule has 6 rings (SSSR count). The molecule has 4 aromatic heterocycles. The molecule has 0 bridgehead atoms. The zero-order chi connectivity index (χ0) is 32.4. The van der Waals surface area contributed by atoms with Crippen LogP contribution in [0.1, 0.15) is 19.0 Å². The molecule has 46 heavy (non-hydrogen) atoms. The van der Waals surface area contributed by atoms with Crippen LogP contribution in [-0.4, -0.2) is 92.7 Å². The molecule has 1 saturated heterocycles. The maximum Gasteiger partial charge on any atom is 0.261 e. The van der Waals surface area contributed by atoms with Crippen molar-refractivity contribution in [1.29, 1.82) is 0 Å². The van der Waals surface area contributed by atoms with E-state index in [1.54, 1.807) is 23.4 Å². The van der Waals surface area contributed by atoms with E-state index < -0.39 is 5.92 Å². The molecule has 0 amide bonds. The van der Waals surface area contributed by atoms with Gasteiger partial charge in [-0.25, -0.2) is 23.1 Å². The van der Waals surface area contributed by atoms with Crippen LogP contribution < -0.4 is 5.32 Å². The largest absolute Gasteiger partial charge is 0.384 e. The van der Waals surface area contributed by atoms with E-state index in [0.29, 0.717) is 70.2 Å². The van der Waals surface area contributed by atoms with Crippen molar-refractivity contribution in [2.45, 2.75) is 19.3 Å². The average Bonchev–Trinajstić information content (AvgIpc) is 3.74. The summed E-state index contributed by atoms with van der Waals surface area (Å²) in [5.41, 5.74) is 7.49. The van der Waals surface area contributed by atoms with Gasteiger partial charge in [-0.2, -0.15) is 5.10 Å². The van der Waals surface area contributed by atoms with Gasteiger partial charge in [0.1, 0.15) is 11.3 Å². The Labute approximate surface area is 265 Å². The van der Waals surface area contributed by atoms with Gasteiger partial charge in [0.25, 0.3) is 5.92 Å². The molecule has 238 valence electrons. The van der Waals surface area contributed by atoms with Crippen LogP contribution in [0.15, 0.2) is 73.1 Å². The number of imidazole rings is 1. The number of hydrogen-bond donors (Lipinski definition) is 3. The van der Waals surface area contributed by atoms with Crippen LogP contribution in [0.3, 0.4) is 0 Å². The summed E-state index contributed by atoms with van der Waals surface area (Å²) < 4.78 is 42.2. The number of hydrogen-bond acceptors (Lipinski definition) is 7. The van der Waals surface area contributed by atoms with Gasteiger partial charge in [-0.1, -0.05) is 18.7 Å². The molecular formula is C34H36F3N9. The predicted molar refractivity (Wildman–Crippen MR) is 177 cm³/mol. The number of aromatic amines is 2. The second-order valence-corrected chi connectivity index (χ2v) is 11.8. The van der Waals surface area contributed by atoms with E-state index in [-0.39, 0.29) is 18.8 Å². The fourth-order valence-electron chi connectivity index (χ4n) is 5.63. The number of benzene rings is 1. The first kappa shape index (κ1) is 31.2. The summed E-state index contributed by atoms with van der Waals surface area (Å²) in [6, 6.07) is 8.61. The Morgan fingerprint density at radius 2 is 1.98 bits per heavy atom. The number of nitrogens with one attached hydrogen (secondary N) is 3. The van der Waals surface area contributed by atoms with Crippen LogP contribution in [0.5, 0.6) is 0 Å². The zero-order valence-corrected chi connectivity index (χ0v) is 26.0. The highest BCUT2D eigenvalue weighted by Gasteiger charge is 2.38. The van der Waals surface area contributed by atoms with E-state index in [4.69, 9.17) is 9.97 Å². The van der Waals surface area contributed by atoms with Gasteiger partial charge in [-0.05, 0) is 74.1 Å². The Hall–Kier alpha value is -4.81. The fourth-order valence-corrected chi connectivity index (χ4v) is 5.63. The minimum Gasteiger partial charge on any atom is -0.384 e. The molecule has 5 heterocycles. The van der Waals surface area contributed by atoms with Gasteiger partial charge in [0.05, 0.1) is 35.0 Å². The second-order valence-electron chi connectivity index (χ2n) is 11.8. The molecule has 0 aliphatic carbocycles. The lowest BCUT2D eigenvalue weighted by Gasteiger charge is -2.16. The van der Waals surface area contributed by atoms with E-state index in [2.05, 4.69) is 37.0 Å². The van der Waals surface area contributed by atoms with Gasteiger partial charge in [0, 0.05) is 50.0 Å². The molecule has 0 atom stereocenters. The van der Waals surface area contributed by atoms with Crippen molar-refractivity contribution in [2.75, 3.05) is 52.1 Å². The lowest BCUT2D eigenvalue weighted by atomic mass is 10.1. The number of H-pyrrole nitrogens is 2. The summed E-state index contributed by atoms with van der Waals surface area (Å²) in [6.45, 7) is 7.75. The van der Waals surface area contributed by atoms with Crippen molar-refractivity contribution in [3.05, 3.63) is 84.6 Å². The smallest absolute Gasteiger partial charge is 0.261 e. The fraction of sp³-hybridized carbons (Fsp3) is 0.294. The molecule has 1 aliphatic heterocycles. The first-order chi connectivity index (χ1) is 22.1. The maximum atomic E-state index is 14.7. The number of alkyl halides is 2. The number of fused-ring (bicyclic) bond motifs is 2. The van der Waals surface area contributed by atoms with Crippen molar-refractivity contribution < 1.29 is 13.2 Å². The molecule has 5 aromatic rings. The van der Waals surface area contributed by atoms with Crippen molar-refractivity contribution >= 4 is 33.3 Å². The number of pyridine rings is 2. The number of halogens is 3. The molecule has 0 unspecified atom stereocenters. The van der Waals surface area contributed by atoms with Gasteiger partial charge in [-0.15, -0.1) is 0 Å². The Morgan fingerprint density at radius 3 is 2.72 bits per heavy atom. The standard InChI is InChI=1S/C34H36F3N9/c1-5-21(19-46-11-9-34(36,37)20-46)13-22(6-2)27-7-8-28-31(40-27)32(44-43-28)33-41-29-18-38-17-26(30(29)42-33)23-14-24(35)16-25(15-23)39-10-12-45(3)4/h5-8,13-18,39H,1,9-12,19-20H2,2-4H3,(H,41,42)(H,43,44)/b21-13+,22-6+. The highest BCUT2D eigenvalue weighted by molar-refractivity contribution is 5.96. The van der Waals surface area contributed by atoms with Crippen LogP contribution >= 0.6 is 0 Å². The molecule has 0 radical (unpaired) electrons. The summed E-state index contributed by atoms with van der Waals surface area (Å²) in [7, 11) is 3.97. The Morgan fingerprint density at radius 1 is 1.13 bits per heavy atom. The summed E-state index contributed by atoms with van der Waals surface area (Å²) in [5.74, 6) is -2.53. The van der Waals surface area contributed by atoms with Gasteiger partial charge < -0.3 is 15.2 Å². The summed E-state index contributed by atoms with van der Waals surface area (Å²) in [6.07, 6.45) is 8.77. The third-order valence-electron chi connectivity index (χ3n) is 7.99. The maximum absolute atomic E-state index is 14.7. The van der Waals surface area contributed by atoms with E-state index in [1.807, 2.05) is 51.4 Å². The lowest BCUT2D eigenvalue weighted by molar-refractivity contribution is 0.0131. The first-order valence-corrected chi connectivity index (χ1v) is 15.1.